The predicted molar refractivity (Wildman–Crippen MR) is 107 cm³/mol. The number of amides is 1. The molecule has 4 rings (SSSR count). The number of carbonyl (C=O) groups excluding carboxylic acids is 2. The van der Waals surface area contributed by atoms with Gasteiger partial charge in [-0.3, -0.25) is 9.59 Å². The van der Waals surface area contributed by atoms with Gasteiger partial charge in [0.2, 0.25) is 0 Å². The number of hydrogen-bond acceptors (Lipinski definition) is 5. The minimum Gasteiger partial charge on any atom is -0.507 e. The lowest BCUT2D eigenvalue weighted by molar-refractivity contribution is -0.140. The molecule has 0 unspecified atom stereocenters. The quantitative estimate of drug-likeness (QED) is 0.463. The van der Waals surface area contributed by atoms with Crippen LogP contribution in [-0.4, -0.2) is 48.1 Å². The van der Waals surface area contributed by atoms with Crippen LogP contribution in [0, 0.1) is 5.82 Å². The SMILES string of the molecule is COc1ccc(C(O)=C2C(=O)C(=O)N(C[C@H]3CCCO3)[C@H]2c2ccc(F)cc2)cc1. The van der Waals surface area contributed by atoms with E-state index in [2.05, 4.69) is 0 Å². The van der Waals surface area contributed by atoms with E-state index in [-0.39, 0.29) is 24.0 Å². The van der Waals surface area contributed by atoms with Gasteiger partial charge in [-0.1, -0.05) is 12.1 Å². The highest BCUT2D eigenvalue weighted by atomic mass is 19.1. The lowest BCUT2D eigenvalue weighted by atomic mass is 9.95. The third-order valence-electron chi connectivity index (χ3n) is 5.51. The molecule has 1 amide bonds. The Hall–Kier alpha value is -3.19. The number of hydrogen-bond donors (Lipinski definition) is 1. The maximum atomic E-state index is 13.5. The average molecular weight is 411 g/mol. The van der Waals surface area contributed by atoms with Gasteiger partial charge in [-0.05, 0) is 54.8 Å². The largest absolute Gasteiger partial charge is 0.507 e. The fourth-order valence-corrected chi connectivity index (χ4v) is 3.97. The Bertz CT molecular complexity index is 978. The van der Waals surface area contributed by atoms with Crippen molar-refractivity contribution in [1.82, 2.24) is 4.90 Å². The highest BCUT2D eigenvalue weighted by Gasteiger charge is 2.47. The molecule has 156 valence electrons. The van der Waals surface area contributed by atoms with E-state index in [1.165, 1.54) is 36.3 Å². The van der Waals surface area contributed by atoms with Crippen LogP contribution in [0.3, 0.4) is 0 Å². The van der Waals surface area contributed by atoms with Gasteiger partial charge >= 0.3 is 0 Å². The number of methoxy groups -OCH3 is 1. The molecule has 1 N–H and O–H groups in total. The second-order valence-corrected chi connectivity index (χ2v) is 7.37. The summed E-state index contributed by atoms with van der Waals surface area (Å²) in [4.78, 5) is 27.2. The number of ketones is 1. The fourth-order valence-electron chi connectivity index (χ4n) is 3.97. The molecule has 0 spiro atoms. The number of benzene rings is 2. The molecule has 2 heterocycles. The van der Waals surface area contributed by atoms with Gasteiger partial charge in [-0.25, -0.2) is 4.39 Å². The van der Waals surface area contributed by atoms with Gasteiger partial charge in [0.15, 0.2) is 0 Å². The summed E-state index contributed by atoms with van der Waals surface area (Å²) >= 11 is 0. The van der Waals surface area contributed by atoms with E-state index in [0.717, 1.165) is 12.8 Å². The number of aliphatic hydroxyl groups is 1. The van der Waals surface area contributed by atoms with Gasteiger partial charge < -0.3 is 19.5 Å². The summed E-state index contributed by atoms with van der Waals surface area (Å²) < 4.78 is 24.3. The second-order valence-electron chi connectivity index (χ2n) is 7.37. The molecule has 2 saturated heterocycles. The zero-order chi connectivity index (χ0) is 21.3. The number of Topliss-reactive ketones (excluding diaryl/α,β-unsaturated/α-hetero) is 1. The third kappa shape index (κ3) is 3.68. The van der Waals surface area contributed by atoms with Crippen molar-refractivity contribution in [3.63, 3.8) is 0 Å². The molecule has 2 aliphatic heterocycles. The van der Waals surface area contributed by atoms with E-state index >= 15 is 0 Å². The summed E-state index contributed by atoms with van der Waals surface area (Å²) in [6.45, 7) is 0.841. The Balaban J connectivity index is 1.80. The molecular formula is C23H22FNO5. The highest BCUT2D eigenvalue weighted by molar-refractivity contribution is 6.46. The van der Waals surface area contributed by atoms with Gasteiger partial charge in [-0.15, -0.1) is 0 Å². The average Bonchev–Trinajstić information content (AvgIpc) is 3.36. The Morgan fingerprint density at radius 3 is 2.47 bits per heavy atom. The zero-order valence-corrected chi connectivity index (χ0v) is 16.5. The molecule has 0 radical (unpaired) electrons. The number of likely N-dealkylation sites (tertiary alicyclic amines) is 1. The standard InChI is InChI=1S/C23H22FNO5/c1-29-17-10-6-15(7-11-17)21(26)19-20(14-4-8-16(24)9-5-14)25(23(28)22(19)27)13-18-3-2-12-30-18/h4-11,18,20,26H,2-3,12-13H2,1H3/t18-,20+/m1/s1. The Kier molecular flexibility index (Phi) is 5.55. The van der Waals surface area contributed by atoms with Gasteiger partial charge in [0.25, 0.3) is 11.7 Å². The summed E-state index contributed by atoms with van der Waals surface area (Å²) in [6, 6.07) is 11.3. The maximum Gasteiger partial charge on any atom is 0.295 e. The highest BCUT2D eigenvalue weighted by Crippen LogP contribution is 2.40. The maximum absolute atomic E-state index is 13.5. The zero-order valence-electron chi connectivity index (χ0n) is 16.5. The Morgan fingerprint density at radius 1 is 1.17 bits per heavy atom. The molecule has 2 aliphatic rings. The van der Waals surface area contributed by atoms with Crippen LogP contribution in [0.25, 0.3) is 5.76 Å². The number of rotatable bonds is 5. The van der Waals surface area contributed by atoms with Crippen LogP contribution in [0.5, 0.6) is 5.75 Å². The molecule has 2 aromatic carbocycles. The van der Waals surface area contributed by atoms with Gasteiger partial charge in [-0.2, -0.15) is 0 Å². The van der Waals surface area contributed by atoms with E-state index in [9.17, 15) is 19.1 Å². The van der Waals surface area contributed by atoms with Gasteiger partial charge in [0.05, 0.1) is 24.8 Å². The number of ether oxygens (including phenoxy) is 2. The monoisotopic (exact) mass is 411 g/mol. The first-order valence-electron chi connectivity index (χ1n) is 9.79. The Labute approximate surface area is 173 Å². The topological polar surface area (TPSA) is 76.1 Å². The number of aliphatic hydroxyl groups excluding tert-OH is 1. The van der Waals surface area contributed by atoms with Crippen LogP contribution in [0.1, 0.15) is 30.0 Å². The summed E-state index contributed by atoms with van der Waals surface area (Å²) in [5.41, 5.74) is 0.913. The van der Waals surface area contributed by atoms with Crippen LogP contribution >= 0.6 is 0 Å². The van der Waals surface area contributed by atoms with Crippen LogP contribution in [-0.2, 0) is 14.3 Å². The molecule has 6 nitrogen and oxygen atoms in total. The van der Waals surface area contributed by atoms with E-state index in [4.69, 9.17) is 9.47 Å². The Morgan fingerprint density at radius 2 is 1.87 bits per heavy atom. The van der Waals surface area contributed by atoms with Crippen molar-refractivity contribution in [3.05, 3.63) is 71.0 Å². The third-order valence-corrected chi connectivity index (χ3v) is 5.51. The lowest BCUT2D eigenvalue weighted by Gasteiger charge is -2.27. The first-order chi connectivity index (χ1) is 14.5. The molecule has 0 aromatic heterocycles. The van der Waals surface area contributed by atoms with E-state index in [1.54, 1.807) is 24.3 Å². The summed E-state index contributed by atoms with van der Waals surface area (Å²) in [6.07, 6.45) is 1.51. The van der Waals surface area contributed by atoms with E-state index < -0.39 is 23.5 Å². The molecule has 0 saturated carbocycles. The number of halogens is 1. The number of carbonyl (C=O) groups is 2. The minimum absolute atomic E-state index is 0.0187. The van der Waals surface area contributed by atoms with Crippen molar-refractivity contribution in [2.75, 3.05) is 20.3 Å². The van der Waals surface area contributed by atoms with Crippen molar-refractivity contribution in [1.29, 1.82) is 0 Å². The smallest absolute Gasteiger partial charge is 0.295 e. The van der Waals surface area contributed by atoms with Crippen LogP contribution in [0.2, 0.25) is 0 Å². The predicted octanol–water partition coefficient (Wildman–Crippen LogP) is 3.44. The normalized spacial score (nSPS) is 23.2. The van der Waals surface area contributed by atoms with E-state index in [1.807, 2.05) is 0 Å². The summed E-state index contributed by atoms with van der Waals surface area (Å²) in [7, 11) is 1.53. The molecule has 30 heavy (non-hydrogen) atoms. The van der Waals surface area contributed by atoms with Crippen molar-refractivity contribution < 1.29 is 28.6 Å². The molecular weight excluding hydrogens is 389 g/mol. The summed E-state index contributed by atoms with van der Waals surface area (Å²) in [5, 5.41) is 11.0. The van der Waals surface area contributed by atoms with Crippen molar-refractivity contribution in [3.8, 4) is 5.75 Å². The lowest BCUT2D eigenvalue weighted by Crippen LogP contribution is -2.36. The first kappa shape index (κ1) is 20.1. The molecule has 7 heteroatoms. The van der Waals surface area contributed by atoms with Gasteiger partial charge in [0.1, 0.15) is 17.3 Å². The van der Waals surface area contributed by atoms with Crippen molar-refractivity contribution in [2.24, 2.45) is 0 Å². The molecule has 2 fully saturated rings. The van der Waals surface area contributed by atoms with Crippen molar-refractivity contribution in [2.45, 2.75) is 25.0 Å². The molecule has 2 atom stereocenters. The number of nitrogens with zero attached hydrogens (tertiary/aromatic N) is 1. The van der Waals surface area contributed by atoms with E-state index in [0.29, 0.717) is 23.5 Å². The minimum atomic E-state index is -0.822. The van der Waals surface area contributed by atoms with Crippen LogP contribution in [0.4, 0.5) is 4.39 Å². The molecule has 0 bridgehead atoms. The molecule has 0 aliphatic carbocycles. The fraction of sp³-hybridized carbons (Fsp3) is 0.304. The van der Waals surface area contributed by atoms with Crippen LogP contribution < -0.4 is 4.74 Å². The first-order valence-corrected chi connectivity index (χ1v) is 9.79. The second kappa shape index (κ2) is 8.28. The summed E-state index contributed by atoms with van der Waals surface area (Å²) in [5.74, 6) is -1.57. The van der Waals surface area contributed by atoms with Gasteiger partial charge in [0, 0.05) is 18.7 Å². The van der Waals surface area contributed by atoms with Crippen LogP contribution in [0.15, 0.2) is 54.1 Å². The van der Waals surface area contributed by atoms with Crippen molar-refractivity contribution >= 4 is 17.4 Å². The molecule has 2 aromatic rings.